The molecule has 0 aliphatic heterocycles. The molecule has 0 aromatic carbocycles. The van der Waals surface area contributed by atoms with Crippen molar-refractivity contribution in [1.82, 2.24) is 25.3 Å². The number of nitrogens with zero attached hydrogens (tertiary/aromatic N) is 3. The molecule has 3 aromatic heterocycles. The van der Waals surface area contributed by atoms with Gasteiger partial charge < -0.3 is 32.0 Å². The molecule has 0 aliphatic rings. The fraction of sp³-hybridized carbons (Fsp3) is 0.263. The van der Waals surface area contributed by atoms with E-state index >= 15 is 0 Å². The predicted molar refractivity (Wildman–Crippen MR) is 110 cm³/mol. The average molecular weight is 427 g/mol. The normalized spacial score (nSPS) is 11.9. The molecule has 0 spiro atoms. The van der Waals surface area contributed by atoms with Crippen LogP contribution >= 0.6 is 0 Å². The number of aryl methyl sites for hydroxylation is 2. The molecule has 0 saturated heterocycles. The second kappa shape index (κ2) is 9.07. The number of amides is 1. The van der Waals surface area contributed by atoms with Gasteiger partial charge in [-0.1, -0.05) is 0 Å². The van der Waals surface area contributed by atoms with Crippen molar-refractivity contribution in [3.05, 3.63) is 41.3 Å². The number of aromatic amines is 1. The number of hydrogen-bond donors (Lipinski definition) is 6. The molecule has 0 bridgehead atoms. The summed E-state index contributed by atoms with van der Waals surface area (Å²) >= 11 is 0. The number of pyridine rings is 1. The van der Waals surface area contributed by atoms with E-state index in [0.717, 1.165) is 5.56 Å². The van der Waals surface area contributed by atoms with Crippen LogP contribution in [0.2, 0.25) is 0 Å². The van der Waals surface area contributed by atoms with E-state index in [0.29, 0.717) is 29.6 Å². The molecule has 1 atom stereocenters. The van der Waals surface area contributed by atoms with Gasteiger partial charge in [-0.3, -0.25) is 14.6 Å². The molecule has 0 fully saturated rings. The Hall–Kier alpha value is -4.22. The Labute approximate surface area is 175 Å². The Bertz CT molecular complexity index is 1130. The number of carboxylic acid groups (broad SMARTS) is 2. The minimum absolute atomic E-state index is 0.0852. The van der Waals surface area contributed by atoms with Gasteiger partial charge in [-0.2, -0.15) is 9.97 Å². The van der Waals surface area contributed by atoms with Crippen LogP contribution in [-0.4, -0.2) is 54.0 Å². The molecule has 0 unspecified atom stereocenters. The first kappa shape index (κ1) is 21.5. The van der Waals surface area contributed by atoms with Gasteiger partial charge in [0.15, 0.2) is 0 Å². The fourth-order valence-electron chi connectivity index (χ4n) is 3.08. The lowest BCUT2D eigenvalue weighted by molar-refractivity contribution is -0.140. The summed E-state index contributed by atoms with van der Waals surface area (Å²) < 4.78 is 0. The zero-order valence-electron chi connectivity index (χ0n) is 16.3. The Morgan fingerprint density at radius 3 is 2.55 bits per heavy atom. The van der Waals surface area contributed by atoms with Gasteiger partial charge in [-0.05, 0) is 37.0 Å². The number of fused-ring (bicyclic) bond motifs is 1. The zero-order valence-corrected chi connectivity index (χ0v) is 16.3. The molecule has 0 radical (unpaired) electrons. The van der Waals surface area contributed by atoms with Crippen LogP contribution in [0.5, 0.6) is 0 Å². The Balaban J connectivity index is 1.63. The highest BCUT2D eigenvalue weighted by Crippen LogP contribution is 2.23. The number of carboxylic acids is 2. The molecular weight excluding hydrogens is 406 g/mol. The molecule has 3 aromatic rings. The van der Waals surface area contributed by atoms with E-state index in [-0.39, 0.29) is 30.2 Å². The third-order valence-corrected chi connectivity index (χ3v) is 4.65. The number of nitrogens with two attached hydrogens (primary N) is 2. The van der Waals surface area contributed by atoms with Crippen molar-refractivity contribution in [3.8, 4) is 0 Å². The Kier molecular flexibility index (Phi) is 6.29. The molecule has 3 heterocycles. The molecule has 0 aliphatic carbocycles. The van der Waals surface area contributed by atoms with E-state index in [4.69, 9.17) is 21.7 Å². The van der Waals surface area contributed by atoms with Gasteiger partial charge in [-0.25, -0.2) is 4.79 Å². The number of aliphatic carboxylic acids is 2. The number of nitrogens with one attached hydrogen (secondary N) is 2. The van der Waals surface area contributed by atoms with Gasteiger partial charge in [0.05, 0.1) is 10.9 Å². The summed E-state index contributed by atoms with van der Waals surface area (Å²) in [5.41, 5.74) is 13.9. The first-order chi connectivity index (χ1) is 14.7. The number of aromatic nitrogens is 4. The van der Waals surface area contributed by atoms with Crippen molar-refractivity contribution in [1.29, 1.82) is 0 Å². The van der Waals surface area contributed by atoms with E-state index < -0.39 is 23.9 Å². The van der Waals surface area contributed by atoms with E-state index in [2.05, 4.69) is 25.3 Å². The van der Waals surface area contributed by atoms with Gasteiger partial charge in [0, 0.05) is 24.5 Å². The highest BCUT2D eigenvalue weighted by molar-refractivity contribution is 5.96. The summed E-state index contributed by atoms with van der Waals surface area (Å²) in [5.74, 6) is -2.71. The Morgan fingerprint density at radius 1 is 1.13 bits per heavy atom. The number of nitrogen functional groups attached to an aromatic ring is 2. The number of carbonyl (C=O) groups excluding carboxylic acids is 1. The zero-order chi connectivity index (χ0) is 22.5. The molecule has 31 heavy (non-hydrogen) atoms. The fourth-order valence-corrected chi connectivity index (χ4v) is 3.08. The monoisotopic (exact) mass is 427 g/mol. The second-order valence-electron chi connectivity index (χ2n) is 6.84. The second-order valence-corrected chi connectivity index (χ2v) is 6.84. The van der Waals surface area contributed by atoms with Gasteiger partial charge in [-0.15, -0.1) is 0 Å². The number of rotatable bonds is 9. The van der Waals surface area contributed by atoms with Crippen LogP contribution in [-0.2, 0) is 22.4 Å². The van der Waals surface area contributed by atoms with E-state index in [9.17, 15) is 14.4 Å². The lowest BCUT2D eigenvalue weighted by Crippen LogP contribution is -2.41. The van der Waals surface area contributed by atoms with Crippen LogP contribution in [0.3, 0.4) is 0 Å². The van der Waals surface area contributed by atoms with E-state index in [1.165, 1.54) is 12.3 Å². The van der Waals surface area contributed by atoms with Gasteiger partial charge >= 0.3 is 11.9 Å². The maximum atomic E-state index is 12.3. The molecule has 3 rings (SSSR count). The van der Waals surface area contributed by atoms with E-state index in [1.54, 1.807) is 12.3 Å². The van der Waals surface area contributed by atoms with Crippen LogP contribution in [0.25, 0.3) is 11.0 Å². The van der Waals surface area contributed by atoms with Crippen LogP contribution in [0.15, 0.2) is 24.5 Å². The summed E-state index contributed by atoms with van der Waals surface area (Å²) in [5, 5.41) is 20.8. The molecular formula is C19H21N7O5. The first-order valence-corrected chi connectivity index (χ1v) is 9.34. The van der Waals surface area contributed by atoms with Gasteiger partial charge in [0.2, 0.25) is 5.95 Å². The predicted octanol–water partition coefficient (Wildman–Crippen LogP) is 0.350. The third kappa shape index (κ3) is 5.23. The van der Waals surface area contributed by atoms with Crippen LogP contribution < -0.4 is 16.8 Å². The van der Waals surface area contributed by atoms with Crippen molar-refractivity contribution in [2.45, 2.75) is 31.7 Å². The van der Waals surface area contributed by atoms with Gasteiger partial charge in [0.1, 0.15) is 17.5 Å². The molecule has 8 N–H and O–H groups in total. The minimum Gasteiger partial charge on any atom is -0.481 e. The van der Waals surface area contributed by atoms with Crippen molar-refractivity contribution in [2.75, 3.05) is 11.5 Å². The van der Waals surface area contributed by atoms with Gasteiger partial charge in [0.25, 0.3) is 5.91 Å². The minimum atomic E-state index is -1.30. The standard InChI is InChI=1S/C19H21N7O5/c20-15-14-9(7-23-16(14)26-19(21)25-15)1-3-11-4-2-10(8-22-11)17(29)24-12(18(30)31)5-6-13(27)28/h2,4,7-8,12H,1,3,5-6H2,(H,24,29)(H,27,28)(H,30,31)(H5,20,21,23,25,26)/t12-/m0/s1. The molecule has 12 nitrogen and oxygen atoms in total. The lowest BCUT2D eigenvalue weighted by atomic mass is 10.1. The summed E-state index contributed by atoms with van der Waals surface area (Å²) in [6, 6.07) is 1.89. The molecule has 1 amide bonds. The summed E-state index contributed by atoms with van der Waals surface area (Å²) in [6.07, 6.45) is 3.67. The summed E-state index contributed by atoms with van der Waals surface area (Å²) in [4.78, 5) is 49.4. The molecule has 12 heteroatoms. The van der Waals surface area contributed by atoms with Crippen molar-refractivity contribution >= 4 is 40.6 Å². The quantitative estimate of drug-likeness (QED) is 0.276. The highest BCUT2D eigenvalue weighted by atomic mass is 16.4. The number of hydrogen-bond acceptors (Lipinski definition) is 8. The van der Waals surface area contributed by atoms with Crippen molar-refractivity contribution < 1.29 is 24.6 Å². The number of anilines is 2. The number of carbonyl (C=O) groups is 3. The first-order valence-electron chi connectivity index (χ1n) is 9.34. The Morgan fingerprint density at radius 2 is 1.90 bits per heavy atom. The summed E-state index contributed by atoms with van der Waals surface area (Å²) in [6.45, 7) is 0. The van der Waals surface area contributed by atoms with Crippen LogP contribution in [0, 0.1) is 0 Å². The molecule has 0 saturated carbocycles. The topological polar surface area (TPSA) is 210 Å². The maximum absolute atomic E-state index is 12.3. The van der Waals surface area contributed by atoms with Crippen molar-refractivity contribution in [3.63, 3.8) is 0 Å². The number of H-pyrrole nitrogens is 1. The smallest absolute Gasteiger partial charge is 0.326 e. The largest absolute Gasteiger partial charge is 0.481 e. The average Bonchev–Trinajstić information content (AvgIpc) is 3.12. The lowest BCUT2D eigenvalue weighted by Gasteiger charge is -2.13. The molecule has 162 valence electrons. The maximum Gasteiger partial charge on any atom is 0.326 e. The SMILES string of the molecule is Nc1nc(N)c2c(CCc3ccc(C(=O)N[C@@H](CCC(=O)O)C(=O)O)cn3)c[nH]c2n1. The van der Waals surface area contributed by atoms with Crippen LogP contribution in [0.1, 0.15) is 34.5 Å². The third-order valence-electron chi connectivity index (χ3n) is 4.65. The van der Waals surface area contributed by atoms with Crippen molar-refractivity contribution in [2.24, 2.45) is 0 Å². The summed E-state index contributed by atoms with van der Waals surface area (Å²) in [7, 11) is 0. The highest BCUT2D eigenvalue weighted by Gasteiger charge is 2.21. The van der Waals surface area contributed by atoms with E-state index in [1.807, 2.05) is 0 Å². The van der Waals surface area contributed by atoms with Crippen LogP contribution in [0.4, 0.5) is 11.8 Å².